The van der Waals surface area contributed by atoms with Gasteiger partial charge >= 0.3 is 0 Å². The number of aliphatic hydroxyl groups is 1. The molecule has 1 aliphatic heterocycles. The zero-order chi connectivity index (χ0) is 10.8. The lowest BCUT2D eigenvalue weighted by molar-refractivity contribution is -0.160. The van der Waals surface area contributed by atoms with Crippen LogP contribution in [0.3, 0.4) is 0 Å². The summed E-state index contributed by atoms with van der Waals surface area (Å²) >= 11 is 0. The minimum atomic E-state index is -0.596. The molecule has 0 aromatic heterocycles. The average Bonchev–Trinajstić information content (AvgIpc) is 2.14. The van der Waals surface area contributed by atoms with Gasteiger partial charge in [-0.1, -0.05) is 20.8 Å². The zero-order valence-electron chi connectivity index (χ0n) is 9.42. The number of likely N-dealkylation sites (tertiary alicyclic amines) is 1. The van der Waals surface area contributed by atoms with E-state index in [1.165, 1.54) is 0 Å². The molecule has 0 saturated carbocycles. The number of β-amino-alcohol motifs (C(OH)–C–C–N with tert-alkyl or cyclic N) is 1. The average molecular weight is 199 g/mol. The monoisotopic (exact) mass is 199 g/mol. The summed E-state index contributed by atoms with van der Waals surface area (Å²) in [6.07, 6.45) is 2.53. The van der Waals surface area contributed by atoms with Crippen LogP contribution in [-0.2, 0) is 4.79 Å². The van der Waals surface area contributed by atoms with Gasteiger partial charge in [-0.3, -0.25) is 4.79 Å². The molecule has 0 aromatic carbocycles. The number of rotatable bonds is 4. The number of hydrogen-bond donors (Lipinski definition) is 1. The molecule has 1 saturated heterocycles. The lowest BCUT2D eigenvalue weighted by Crippen LogP contribution is -2.64. The third-order valence-electron chi connectivity index (χ3n) is 3.27. The number of nitrogens with zero attached hydrogens (tertiary/aromatic N) is 1. The standard InChI is InChI=1S/C11H21NO2/c1-4-9(5-2)10(13)12-7-11(14,6-3)8-12/h9,14H,4-8H2,1-3H3. The highest BCUT2D eigenvalue weighted by atomic mass is 16.3. The summed E-state index contributed by atoms with van der Waals surface area (Å²) in [5.74, 6) is 0.365. The molecule has 0 radical (unpaired) electrons. The molecule has 1 heterocycles. The van der Waals surface area contributed by atoms with Crippen LogP contribution in [-0.4, -0.2) is 34.6 Å². The lowest BCUT2D eigenvalue weighted by Gasteiger charge is -2.47. The highest BCUT2D eigenvalue weighted by Gasteiger charge is 2.42. The Kier molecular flexibility index (Phi) is 3.53. The summed E-state index contributed by atoms with van der Waals surface area (Å²) in [5, 5.41) is 9.77. The maximum Gasteiger partial charge on any atom is 0.225 e. The molecule has 1 aliphatic rings. The summed E-state index contributed by atoms with van der Waals surface area (Å²) in [7, 11) is 0. The van der Waals surface area contributed by atoms with Gasteiger partial charge in [-0.2, -0.15) is 0 Å². The van der Waals surface area contributed by atoms with Gasteiger partial charge in [-0.15, -0.1) is 0 Å². The Balaban J connectivity index is 2.43. The van der Waals surface area contributed by atoms with Crippen molar-refractivity contribution in [2.45, 2.75) is 45.6 Å². The molecular weight excluding hydrogens is 178 g/mol. The van der Waals surface area contributed by atoms with Gasteiger partial charge in [-0.05, 0) is 19.3 Å². The molecule has 3 heteroatoms. The summed E-state index contributed by atoms with van der Waals surface area (Å²) in [6, 6.07) is 0. The molecule has 0 bridgehead atoms. The number of carbonyl (C=O) groups excluding carboxylic acids is 1. The van der Waals surface area contributed by atoms with E-state index in [2.05, 4.69) is 0 Å². The SMILES string of the molecule is CCC(CC)C(=O)N1CC(O)(CC)C1. The fraction of sp³-hybridized carbons (Fsp3) is 0.909. The number of carbonyl (C=O) groups is 1. The van der Waals surface area contributed by atoms with Crippen molar-refractivity contribution in [1.82, 2.24) is 4.90 Å². The third-order valence-corrected chi connectivity index (χ3v) is 3.27. The second-order valence-corrected chi connectivity index (χ2v) is 4.29. The first-order chi connectivity index (χ1) is 6.56. The number of hydrogen-bond acceptors (Lipinski definition) is 2. The Labute approximate surface area is 86.1 Å². The van der Waals surface area contributed by atoms with Crippen molar-refractivity contribution >= 4 is 5.91 Å². The second kappa shape index (κ2) is 4.30. The van der Waals surface area contributed by atoms with E-state index < -0.39 is 5.60 Å². The predicted molar refractivity (Wildman–Crippen MR) is 55.9 cm³/mol. The van der Waals surface area contributed by atoms with Crippen molar-refractivity contribution in [3.05, 3.63) is 0 Å². The van der Waals surface area contributed by atoms with E-state index in [9.17, 15) is 9.90 Å². The fourth-order valence-electron chi connectivity index (χ4n) is 1.94. The maximum absolute atomic E-state index is 11.8. The molecule has 0 aliphatic carbocycles. The van der Waals surface area contributed by atoms with Crippen LogP contribution in [0.5, 0.6) is 0 Å². The predicted octanol–water partition coefficient (Wildman–Crippen LogP) is 1.41. The molecule has 3 nitrogen and oxygen atoms in total. The van der Waals surface area contributed by atoms with Crippen molar-refractivity contribution in [3.63, 3.8) is 0 Å². The van der Waals surface area contributed by atoms with Crippen LogP contribution in [0, 0.1) is 5.92 Å². The molecule has 1 amide bonds. The first kappa shape index (κ1) is 11.5. The molecule has 0 atom stereocenters. The Morgan fingerprint density at radius 1 is 1.36 bits per heavy atom. The lowest BCUT2D eigenvalue weighted by atomic mass is 9.89. The largest absolute Gasteiger partial charge is 0.386 e. The van der Waals surface area contributed by atoms with E-state index in [-0.39, 0.29) is 11.8 Å². The molecule has 0 aromatic rings. The molecule has 0 unspecified atom stereocenters. The van der Waals surface area contributed by atoms with Crippen LogP contribution >= 0.6 is 0 Å². The van der Waals surface area contributed by atoms with Crippen molar-refractivity contribution < 1.29 is 9.90 Å². The minimum Gasteiger partial charge on any atom is -0.386 e. The smallest absolute Gasteiger partial charge is 0.225 e. The highest BCUT2D eigenvalue weighted by Crippen LogP contribution is 2.26. The van der Waals surface area contributed by atoms with E-state index in [1.54, 1.807) is 4.90 Å². The van der Waals surface area contributed by atoms with Gasteiger partial charge in [0, 0.05) is 5.92 Å². The Morgan fingerprint density at radius 3 is 2.21 bits per heavy atom. The van der Waals surface area contributed by atoms with Crippen LogP contribution in [0.2, 0.25) is 0 Å². The summed E-state index contributed by atoms with van der Waals surface area (Å²) in [4.78, 5) is 13.6. The van der Waals surface area contributed by atoms with E-state index in [1.807, 2.05) is 20.8 Å². The molecule has 0 spiro atoms. The highest BCUT2D eigenvalue weighted by molar-refractivity contribution is 5.79. The summed E-state index contributed by atoms with van der Waals surface area (Å²) in [6.45, 7) is 7.09. The van der Waals surface area contributed by atoms with E-state index in [4.69, 9.17) is 0 Å². The Morgan fingerprint density at radius 2 is 1.86 bits per heavy atom. The molecule has 1 N–H and O–H groups in total. The van der Waals surface area contributed by atoms with Crippen molar-refractivity contribution in [2.75, 3.05) is 13.1 Å². The summed E-state index contributed by atoms with van der Waals surface area (Å²) < 4.78 is 0. The molecule has 14 heavy (non-hydrogen) atoms. The zero-order valence-corrected chi connectivity index (χ0v) is 9.42. The van der Waals surface area contributed by atoms with E-state index in [0.29, 0.717) is 13.1 Å². The molecule has 82 valence electrons. The Bertz CT molecular complexity index is 205. The fourth-order valence-corrected chi connectivity index (χ4v) is 1.94. The van der Waals surface area contributed by atoms with Gasteiger partial charge in [0.1, 0.15) is 0 Å². The topological polar surface area (TPSA) is 40.5 Å². The van der Waals surface area contributed by atoms with Crippen molar-refractivity contribution in [1.29, 1.82) is 0 Å². The van der Waals surface area contributed by atoms with Crippen molar-refractivity contribution in [2.24, 2.45) is 5.92 Å². The quantitative estimate of drug-likeness (QED) is 0.743. The maximum atomic E-state index is 11.8. The Hall–Kier alpha value is -0.570. The van der Waals surface area contributed by atoms with Gasteiger partial charge in [-0.25, -0.2) is 0 Å². The van der Waals surface area contributed by atoms with E-state index >= 15 is 0 Å². The van der Waals surface area contributed by atoms with Gasteiger partial charge in [0.25, 0.3) is 0 Å². The molecule has 1 rings (SSSR count). The van der Waals surface area contributed by atoms with Gasteiger partial charge in [0.15, 0.2) is 0 Å². The van der Waals surface area contributed by atoms with E-state index in [0.717, 1.165) is 19.3 Å². The first-order valence-electron chi connectivity index (χ1n) is 5.57. The van der Waals surface area contributed by atoms with Gasteiger partial charge < -0.3 is 10.0 Å². The second-order valence-electron chi connectivity index (χ2n) is 4.29. The van der Waals surface area contributed by atoms with Crippen LogP contribution in [0.4, 0.5) is 0 Å². The van der Waals surface area contributed by atoms with Crippen LogP contribution in [0.1, 0.15) is 40.0 Å². The normalized spacial score (nSPS) is 19.6. The van der Waals surface area contributed by atoms with Gasteiger partial charge in [0.2, 0.25) is 5.91 Å². The third kappa shape index (κ3) is 2.08. The number of amides is 1. The molecule has 1 fully saturated rings. The molecular formula is C11H21NO2. The van der Waals surface area contributed by atoms with Crippen LogP contribution in [0.15, 0.2) is 0 Å². The van der Waals surface area contributed by atoms with Crippen molar-refractivity contribution in [3.8, 4) is 0 Å². The van der Waals surface area contributed by atoms with Gasteiger partial charge in [0.05, 0.1) is 18.7 Å². The summed E-state index contributed by atoms with van der Waals surface area (Å²) in [5.41, 5.74) is -0.596. The first-order valence-corrected chi connectivity index (χ1v) is 5.57. The van der Waals surface area contributed by atoms with Crippen LogP contribution < -0.4 is 0 Å². The van der Waals surface area contributed by atoms with Crippen LogP contribution in [0.25, 0.3) is 0 Å². The minimum absolute atomic E-state index is 0.149.